The van der Waals surface area contributed by atoms with Crippen LogP contribution in [0.3, 0.4) is 0 Å². The highest BCUT2D eigenvalue weighted by molar-refractivity contribution is 7.80. The molecule has 2 rings (SSSR count). The van der Waals surface area contributed by atoms with Crippen LogP contribution in [0.25, 0.3) is 6.08 Å². The highest BCUT2D eigenvalue weighted by Gasteiger charge is 2.03. The Bertz CT molecular complexity index is 720. The van der Waals surface area contributed by atoms with E-state index in [1.807, 2.05) is 6.07 Å². The fourth-order valence-corrected chi connectivity index (χ4v) is 2.22. The molecule has 1 amide bonds. The molecule has 112 valence electrons. The summed E-state index contributed by atoms with van der Waals surface area (Å²) in [6, 6.07) is 10.3. The van der Waals surface area contributed by atoms with E-state index in [9.17, 15) is 4.79 Å². The van der Waals surface area contributed by atoms with Crippen molar-refractivity contribution in [2.24, 2.45) is 0 Å². The minimum Gasteiger partial charge on any atom is -0.317 e. The second-order valence-electron chi connectivity index (χ2n) is 4.16. The summed E-state index contributed by atoms with van der Waals surface area (Å²) in [5, 5.41) is 6.48. The maximum atomic E-state index is 11.8. The molecule has 2 N–H and O–H groups in total. The van der Waals surface area contributed by atoms with Crippen molar-refractivity contribution in [1.82, 2.24) is 10.3 Å². The quantitative estimate of drug-likeness (QED) is 0.650. The van der Waals surface area contributed by atoms with Crippen LogP contribution in [0, 0.1) is 0 Å². The third kappa shape index (κ3) is 5.11. The molecule has 4 nitrogen and oxygen atoms in total. The first-order valence-electron chi connectivity index (χ1n) is 6.21. The molecule has 2 aromatic rings. The van der Waals surface area contributed by atoms with E-state index in [2.05, 4.69) is 15.6 Å². The Morgan fingerprint density at radius 2 is 2.05 bits per heavy atom. The van der Waals surface area contributed by atoms with Crippen LogP contribution in [-0.4, -0.2) is 16.0 Å². The minimum absolute atomic E-state index is 0.163. The smallest absolute Gasteiger partial charge is 0.250 e. The lowest BCUT2D eigenvalue weighted by atomic mass is 10.2. The first-order chi connectivity index (χ1) is 10.5. The van der Waals surface area contributed by atoms with Gasteiger partial charge in [-0.1, -0.05) is 35.3 Å². The van der Waals surface area contributed by atoms with E-state index in [1.54, 1.807) is 42.6 Å². The Morgan fingerprint density at radius 1 is 1.23 bits per heavy atom. The van der Waals surface area contributed by atoms with Gasteiger partial charge >= 0.3 is 0 Å². The fraction of sp³-hybridized carbons (Fsp3) is 0. The summed E-state index contributed by atoms with van der Waals surface area (Å²) in [4.78, 5) is 15.8. The van der Waals surface area contributed by atoms with Gasteiger partial charge < -0.3 is 5.32 Å². The van der Waals surface area contributed by atoms with E-state index in [4.69, 9.17) is 35.4 Å². The van der Waals surface area contributed by atoms with Gasteiger partial charge in [0.05, 0.1) is 0 Å². The van der Waals surface area contributed by atoms with Gasteiger partial charge in [0.2, 0.25) is 5.91 Å². The lowest BCUT2D eigenvalue weighted by molar-refractivity contribution is -0.115. The predicted molar refractivity (Wildman–Crippen MR) is 94.1 cm³/mol. The Hall–Kier alpha value is -1.95. The zero-order valence-electron chi connectivity index (χ0n) is 11.2. The van der Waals surface area contributed by atoms with Crippen molar-refractivity contribution in [2.75, 3.05) is 5.32 Å². The molecule has 1 aromatic heterocycles. The number of halogens is 2. The van der Waals surface area contributed by atoms with Crippen LogP contribution in [0.2, 0.25) is 10.0 Å². The molecule has 0 saturated heterocycles. The molecule has 0 unspecified atom stereocenters. The molecule has 0 aliphatic rings. The summed E-state index contributed by atoms with van der Waals surface area (Å²) < 4.78 is 0. The highest BCUT2D eigenvalue weighted by atomic mass is 35.5. The van der Waals surface area contributed by atoms with E-state index < -0.39 is 0 Å². The third-order valence-electron chi connectivity index (χ3n) is 2.52. The summed E-state index contributed by atoms with van der Waals surface area (Å²) in [6.45, 7) is 0. The van der Waals surface area contributed by atoms with Gasteiger partial charge in [-0.3, -0.25) is 10.1 Å². The third-order valence-corrected chi connectivity index (χ3v) is 3.29. The zero-order valence-corrected chi connectivity index (χ0v) is 13.5. The van der Waals surface area contributed by atoms with Gasteiger partial charge in [0.15, 0.2) is 5.11 Å². The number of amides is 1. The van der Waals surface area contributed by atoms with Crippen molar-refractivity contribution in [3.05, 3.63) is 64.3 Å². The molecule has 0 saturated carbocycles. The van der Waals surface area contributed by atoms with Gasteiger partial charge in [-0.2, -0.15) is 0 Å². The lowest BCUT2D eigenvalue weighted by Crippen LogP contribution is -2.33. The summed E-state index contributed by atoms with van der Waals surface area (Å²) in [6.07, 6.45) is 4.54. The van der Waals surface area contributed by atoms with Gasteiger partial charge in [0.1, 0.15) is 5.82 Å². The first kappa shape index (κ1) is 16.4. The molecule has 22 heavy (non-hydrogen) atoms. The summed E-state index contributed by atoms with van der Waals surface area (Å²) in [5.74, 6) is 0.178. The molecule has 1 aromatic carbocycles. The Labute approximate surface area is 143 Å². The summed E-state index contributed by atoms with van der Waals surface area (Å²) in [7, 11) is 0. The fourth-order valence-electron chi connectivity index (χ4n) is 1.54. The first-order valence-corrected chi connectivity index (χ1v) is 7.37. The molecule has 0 aliphatic carbocycles. The molecule has 0 bridgehead atoms. The van der Waals surface area contributed by atoms with Crippen LogP contribution in [0.4, 0.5) is 5.82 Å². The number of hydrogen-bond donors (Lipinski definition) is 2. The van der Waals surface area contributed by atoms with E-state index >= 15 is 0 Å². The number of carbonyl (C=O) groups excluding carboxylic acids is 1. The zero-order chi connectivity index (χ0) is 15.9. The normalized spacial score (nSPS) is 10.5. The molecule has 0 aliphatic heterocycles. The van der Waals surface area contributed by atoms with Crippen molar-refractivity contribution < 1.29 is 4.79 Å². The number of hydrogen-bond acceptors (Lipinski definition) is 3. The SMILES string of the molecule is O=C(/C=C/c1ccc(Cl)cc1Cl)NC(=S)Nc1ccccn1. The minimum atomic E-state index is -0.376. The predicted octanol–water partition coefficient (Wildman–Crippen LogP) is 3.91. The van der Waals surface area contributed by atoms with Gasteiger partial charge in [-0.15, -0.1) is 0 Å². The van der Waals surface area contributed by atoms with Crippen LogP contribution >= 0.6 is 35.4 Å². The molecular formula is C15H11Cl2N3OS. The highest BCUT2D eigenvalue weighted by Crippen LogP contribution is 2.21. The maximum absolute atomic E-state index is 11.8. The Morgan fingerprint density at radius 3 is 2.73 bits per heavy atom. The van der Waals surface area contributed by atoms with Crippen LogP contribution < -0.4 is 10.6 Å². The largest absolute Gasteiger partial charge is 0.317 e. The number of nitrogens with one attached hydrogen (secondary N) is 2. The number of pyridine rings is 1. The van der Waals surface area contributed by atoms with Crippen LogP contribution in [0.15, 0.2) is 48.7 Å². The lowest BCUT2D eigenvalue weighted by Gasteiger charge is -2.06. The Balaban J connectivity index is 1.92. The van der Waals surface area contributed by atoms with E-state index in [1.165, 1.54) is 6.08 Å². The van der Waals surface area contributed by atoms with E-state index in [0.29, 0.717) is 21.4 Å². The number of carbonyl (C=O) groups is 1. The second-order valence-corrected chi connectivity index (χ2v) is 5.41. The summed E-state index contributed by atoms with van der Waals surface area (Å²) >= 11 is 16.8. The molecular weight excluding hydrogens is 341 g/mol. The molecule has 0 fully saturated rings. The van der Waals surface area contributed by atoms with Gasteiger partial charge in [-0.05, 0) is 48.1 Å². The molecule has 0 radical (unpaired) electrons. The molecule has 1 heterocycles. The number of thiocarbonyl (C=S) groups is 1. The van der Waals surface area contributed by atoms with Gasteiger partial charge in [0.25, 0.3) is 0 Å². The molecule has 7 heteroatoms. The number of nitrogens with zero attached hydrogens (tertiary/aromatic N) is 1. The van der Waals surface area contributed by atoms with Crippen molar-refractivity contribution in [2.45, 2.75) is 0 Å². The molecule has 0 atom stereocenters. The van der Waals surface area contributed by atoms with Crippen molar-refractivity contribution in [3.63, 3.8) is 0 Å². The second kappa shape index (κ2) is 7.89. The number of rotatable bonds is 3. The van der Waals surface area contributed by atoms with E-state index in [0.717, 1.165) is 0 Å². The summed E-state index contributed by atoms with van der Waals surface area (Å²) in [5.41, 5.74) is 0.685. The Kier molecular flexibility index (Phi) is 5.89. The van der Waals surface area contributed by atoms with E-state index in [-0.39, 0.29) is 11.0 Å². The number of aromatic nitrogens is 1. The van der Waals surface area contributed by atoms with Gasteiger partial charge in [0, 0.05) is 22.3 Å². The molecule has 0 spiro atoms. The average molecular weight is 352 g/mol. The van der Waals surface area contributed by atoms with Gasteiger partial charge in [-0.25, -0.2) is 4.98 Å². The average Bonchev–Trinajstić information content (AvgIpc) is 2.47. The van der Waals surface area contributed by atoms with Crippen molar-refractivity contribution in [1.29, 1.82) is 0 Å². The van der Waals surface area contributed by atoms with Crippen molar-refractivity contribution >= 4 is 58.3 Å². The standard InChI is InChI=1S/C15H11Cl2N3OS/c16-11-6-4-10(12(17)9-11)5-7-14(21)20-15(22)19-13-3-1-2-8-18-13/h1-9H,(H2,18,19,20,21,22)/b7-5+. The topological polar surface area (TPSA) is 54.0 Å². The van der Waals surface area contributed by atoms with Crippen molar-refractivity contribution in [3.8, 4) is 0 Å². The van der Waals surface area contributed by atoms with Crippen LogP contribution in [-0.2, 0) is 4.79 Å². The van der Waals surface area contributed by atoms with Crippen LogP contribution in [0.1, 0.15) is 5.56 Å². The maximum Gasteiger partial charge on any atom is 0.250 e. The number of anilines is 1. The number of benzene rings is 1. The monoisotopic (exact) mass is 351 g/mol. The van der Waals surface area contributed by atoms with Crippen LogP contribution in [0.5, 0.6) is 0 Å².